The number of carbonyl (C=O) groups excluding carboxylic acids is 8. The molecule has 686 valence electrons. The zero-order valence-electron chi connectivity index (χ0n) is 70.9. The standard InChI is InChI=1S/C25H22Cl2FN5O2.C24H20Cl2FN5O2.C23H18Cl2FN5O2.C22H18Cl2FN5O2/c26-16-5-8-21(19(13-16)25(35)32-22-9-6-17(27)14-30-22)31-24(34)18-7-4-15(12-20(18)28)23(29)33-10-2-1-3-11-33;25-15-4-7-20(18(12-15)24(34)31-21-8-5-16(26)13-29-21)30-23(33)17-6-3-14(11-19(17)27)22(28)32-9-1-2-10-32;1-31-9-8-27-21(31)13-2-5-16(18(26)10-13)22(32)29-19-6-3-14(24)11-17(19)23(33)30-20-7-4-15(25)12-28-20;1-30(2)20(26)12-3-6-15(17(25)9-12)21(31)28-18-7-4-13(23)10-16(18)22(32)29-19-8-5-14(24)11-27-19/h4-9,12-14,29H,1-3,10-11H2,(H,31,34)(H,30,32,35);3-8,11-13,28H,1-2,9-10H2,(H,30,33)(H,29,31,34);2-7,10-12H,8-9H2,1H3,(H,29,32)(H,28,30,33);3-11,26H,1-2H3,(H,28,31)(H,27,29,32). The zero-order chi connectivity index (χ0) is 96.1. The highest BCUT2D eigenvalue weighted by Crippen LogP contribution is 2.32. The minimum atomic E-state index is -0.795. The van der Waals surface area contributed by atoms with Gasteiger partial charge in [0.1, 0.15) is 69.9 Å². The molecule has 28 nitrogen and oxygen atoms in total. The van der Waals surface area contributed by atoms with E-state index in [0.29, 0.717) is 59.7 Å². The zero-order valence-corrected chi connectivity index (χ0v) is 76.9. The number of aromatic nitrogens is 4. The van der Waals surface area contributed by atoms with Gasteiger partial charge in [-0.15, -0.1) is 0 Å². The van der Waals surface area contributed by atoms with E-state index in [2.05, 4.69) is 67.5 Å². The minimum Gasteiger partial charge on any atom is -0.363 e. The number of carbonyl (C=O) groups is 8. The lowest BCUT2D eigenvalue weighted by molar-refractivity contribution is 0.100. The Labute approximate surface area is 804 Å². The van der Waals surface area contributed by atoms with E-state index < -0.39 is 70.5 Å². The first-order chi connectivity index (χ1) is 64.1. The summed E-state index contributed by atoms with van der Waals surface area (Å²) in [5.74, 6) is -5.93. The molecule has 134 heavy (non-hydrogen) atoms. The average Bonchev–Trinajstić information content (AvgIpc) is 1.03. The molecule has 0 unspecified atom stereocenters. The number of likely N-dealkylation sites (N-methyl/N-ethyl adjacent to an activating group) is 1. The second-order valence-corrected chi connectivity index (χ2v) is 33.4. The molecule has 40 heteroatoms. The molecule has 0 saturated carbocycles. The molecule has 8 aromatic carbocycles. The fourth-order valence-corrected chi connectivity index (χ4v) is 14.6. The van der Waals surface area contributed by atoms with Crippen LogP contribution in [-0.4, -0.2) is 171 Å². The minimum absolute atomic E-state index is 0.0639. The second kappa shape index (κ2) is 45.9. The molecule has 3 aliphatic rings. The number of likely N-dealkylation sites (tertiary alicyclic amines) is 2. The van der Waals surface area contributed by atoms with Gasteiger partial charge in [-0.2, -0.15) is 0 Å². The van der Waals surface area contributed by atoms with E-state index in [-0.39, 0.29) is 123 Å². The van der Waals surface area contributed by atoms with Crippen molar-refractivity contribution >= 4 is 209 Å². The number of benzene rings is 8. The van der Waals surface area contributed by atoms with Crippen LogP contribution >= 0.6 is 92.8 Å². The predicted octanol–water partition coefficient (Wildman–Crippen LogP) is 20.9. The van der Waals surface area contributed by atoms with Crippen LogP contribution in [0.2, 0.25) is 40.2 Å². The molecule has 7 heterocycles. The number of rotatable bonds is 20. The van der Waals surface area contributed by atoms with Crippen LogP contribution in [0, 0.1) is 39.5 Å². The van der Waals surface area contributed by atoms with E-state index in [0.717, 1.165) is 70.9 Å². The van der Waals surface area contributed by atoms with Gasteiger partial charge < -0.3 is 62.1 Å². The van der Waals surface area contributed by atoms with E-state index in [1.165, 1.54) is 175 Å². The lowest BCUT2D eigenvalue weighted by Crippen LogP contribution is -2.35. The highest BCUT2D eigenvalue weighted by atomic mass is 35.5. The average molecular weight is 1980 g/mol. The van der Waals surface area contributed by atoms with E-state index in [1.807, 2.05) is 21.7 Å². The molecule has 0 spiro atoms. The molecule has 8 amide bonds. The SMILES string of the molecule is CN(C)C(=N)c1ccc(C(=O)Nc2ccc(Cl)cc2C(=O)Nc2ccc(Cl)cn2)c(F)c1.CN1CCN=C1c1ccc(C(=O)Nc2ccc(Cl)cc2C(=O)Nc2ccc(Cl)cn2)c(F)c1.N=C(c1ccc(C(=O)Nc2ccc(Cl)cc2C(=O)Nc2ccc(Cl)cn2)c(F)c1)N1CCCC1.N=C(c1ccc(C(=O)Nc2ccc(Cl)cc2C(=O)Nc2ccc(Cl)cn2)c(F)c1)N1CCCCC1. The van der Waals surface area contributed by atoms with E-state index in [4.69, 9.17) is 109 Å². The van der Waals surface area contributed by atoms with Gasteiger partial charge in [-0.05, 0) is 202 Å². The van der Waals surface area contributed by atoms with Crippen molar-refractivity contribution in [2.75, 3.05) is 103 Å². The maximum Gasteiger partial charge on any atom is 0.258 e. The largest absolute Gasteiger partial charge is 0.363 e. The van der Waals surface area contributed by atoms with Crippen molar-refractivity contribution in [2.45, 2.75) is 32.1 Å². The summed E-state index contributed by atoms with van der Waals surface area (Å²) in [5.41, 5.74) is 1.80. The van der Waals surface area contributed by atoms with Gasteiger partial charge in [0.05, 0.1) is 93.9 Å². The monoisotopic (exact) mass is 1970 g/mol. The summed E-state index contributed by atoms with van der Waals surface area (Å²) in [7, 11) is 5.19. The molecule has 0 aliphatic carbocycles. The Balaban J connectivity index is 0.000000161. The van der Waals surface area contributed by atoms with Crippen LogP contribution in [0.25, 0.3) is 0 Å². The highest BCUT2D eigenvalue weighted by molar-refractivity contribution is 6.34. The Morgan fingerprint density at radius 3 is 0.851 bits per heavy atom. The van der Waals surface area contributed by atoms with Crippen LogP contribution in [-0.2, 0) is 0 Å². The van der Waals surface area contributed by atoms with E-state index >= 15 is 0 Å². The summed E-state index contributed by atoms with van der Waals surface area (Å²) in [6.45, 7) is 4.44. The van der Waals surface area contributed by atoms with Gasteiger partial charge in [0.15, 0.2) is 0 Å². The number of piperidine rings is 1. The third-order valence-corrected chi connectivity index (χ3v) is 22.1. The fourth-order valence-electron chi connectivity index (χ4n) is 13.4. The summed E-state index contributed by atoms with van der Waals surface area (Å²) < 4.78 is 59.0. The third kappa shape index (κ3) is 26.5. The van der Waals surface area contributed by atoms with Crippen molar-refractivity contribution in [3.63, 3.8) is 0 Å². The van der Waals surface area contributed by atoms with E-state index in [1.54, 1.807) is 56.6 Å². The molecule has 0 bridgehead atoms. The number of pyridine rings is 4. The maximum atomic E-state index is 14.9. The molecule has 4 aromatic heterocycles. The topological polar surface area (TPSA) is 381 Å². The van der Waals surface area contributed by atoms with Crippen molar-refractivity contribution in [3.8, 4) is 0 Å². The van der Waals surface area contributed by atoms with Crippen LogP contribution in [0.3, 0.4) is 0 Å². The van der Waals surface area contributed by atoms with Gasteiger partial charge in [0.25, 0.3) is 47.3 Å². The normalized spacial score (nSPS) is 12.4. The van der Waals surface area contributed by atoms with Crippen LogP contribution < -0.4 is 42.5 Å². The first-order valence-corrected chi connectivity index (χ1v) is 43.7. The molecule has 12 aromatic rings. The van der Waals surface area contributed by atoms with Gasteiger partial charge in [0, 0.05) is 121 Å². The maximum absolute atomic E-state index is 14.9. The Hall–Kier alpha value is -14.0. The lowest BCUT2D eigenvalue weighted by Gasteiger charge is -2.29. The van der Waals surface area contributed by atoms with Crippen molar-refractivity contribution in [1.29, 1.82) is 16.2 Å². The molecule has 0 radical (unpaired) electrons. The fraction of sp³-hybridized carbons (Fsp3) is 0.149. The molecule has 2 fully saturated rings. The number of halogens is 12. The van der Waals surface area contributed by atoms with Gasteiger partial charge >= 0.3 is 0 Å². The molecular formula is C94H78Cl8F4N20O8. The Kier molecular flexibility index (Phi) is 34.0. The van der Waals surface area contributed by atoms with Gasteiger partial charge in [0.2, 0.25) is 0 Å². The molecule has 3 aliphatic heterocycles. The second-order valence-electron chi connectivity index (χ2n) is 29.9. The number of nitrogens with zero attached hydrogens (tertiary/aromatic N) is 9. The molecule has 0 atom stereocenters. The van der Waals surface area contributed by atoms with Crippen LogP contribution in [0.15, 0.2) is 224 Å². The Morgan fingerprint density at radius 1 is 0.313 bits per heavy atom. The number of amides is 8. The number of hydrogen-bond donors (Lipinski definition) is 11. The number of anilines is 8. The van der Waals surface area contributed by atoms with Gasteiger partial charge in [-0.1, -0.05) is 117 Å². The number of nitrogens with one attached hydrogen (secondary N) is 11. The summed E-state index contributed by atoms with van der Waals surface area (Å²) in [6, 6.07) is 46.1. The summed E-state index contributed by atoms with van der Waals surface area (Å²) in [6.07, 6.45) is 10.6. The number of hydrogen-bond acceptors (Lipinski definition) is 17. The Bertz CT molecular complexity index is 6560. The smallest absolute Gasteiger partial charge is 0.258 e. The van der Waals surface area contributed by atoms with Crippen molar-refractivity contribution < 1.29 is 55.9 Å². The number of aliphatic imine (C=N–C) groups is 1. The third-order valence-electron chi connectivity index (χ3n) is 20.3. The van der Waals surface area contributed by atoms with Crippen LogP contribution in [0.4, 0.5) is 63.6 Å². The summed E-state index contributed by atoms with van der Waals surface area (Å²) >= 11 is 47.4. The lowest BCUT2D eigenvalue weighted by atomic mass is 10.1. The summed E-state index contributed by atoms with van der Waals surface area (Å²) in [4.78, 5) is 130. The van der Waals surface area contributed by atoms with Gasteiger partial charge in [-0.25, -0.2) is 37.5 Å². The van der Waals surface area contributed by atoms with Crippen molar-refractivity contribution in [1.82, 2.24) is 39.5 Å². The Morgan fingerprint density at radius 2 is 0.582 bits per heavy atom. The van der Waals surface area contributed by atoms with Gasteiger partial charge in [-0.3, -0.25) is 59.6 Å². The van der Waals surface area contributed by atoms with Crippen molar-refractivity contribution in [2.24, 2.45) is 4.99 Å². The molecule has 2 saturated heterocycles. The van der Waals surface area contributed by atoms with Crippen LogP contribution in [0.5, 0.6) is 0 Å². The quantitative estimate of drug-likeness (QED) is 0.0192. The first kappa shape index (κ1) is 99.1. The predicted molar refractivity (Wildman–Crippen MR) is 516 cm³/mol. The molecular weight excluding hydrogens is 1900 g/mol. The number of amidine groups is 4. The highest BCUT2D eigenvalue weighted by Gasteiger charge is 2.28. The van der Waals surface area contributed by atoms with E-state index in [9.17, 15) is 55.9 Å². The molecule has 15 rings (SSSR count). The van der Waals surface area contributed by atoms with Crippen LogP contribution in [0.1, 0.15) is 137 Å². The summed E-state index contributed by atoms with van der Waals surface area (Å²) in [5, 5.41) is 48.0. The van der Waals surface area contributed by atoms with Crippen molar-refractivity contribution in [3.05, 3.63) is 349 Å². The first-order valence-electron chi connectivity index (χ1n) is 40.6. The molecule has 11 N–H and O–H groups in total.